The number of nitrogens with zero attached hydrogens (tertiary/aromatic N) is 3. The zero-order valence-corrected chi connectivity index (χ0v) is 12.4. The minimum atomic E-state index is -0.736. The summed E-state index contributed by atoms with van der Waals surface area (Å²) in [6, 6.07) is 4.31. The van der Waals surface area contributed by atoms with Gasteiger partial charge >= 0.3 is 0 Å². The average molecular weight is 325 g/mol. The standard InChI is InChI=1S/C14H14ClFN4O2/c15-9-3-4-10(16)8(6-9)7-20-5-1-2-11(20)14-18-13(12(17)21)19-22-14/h3-4,6,11H,1-2,5,7H2,(H2,17,21). The van der Waals surface area contributed by atoms with Crippen LogP contribution in [-0.2, 0) is 6.54 Å². The Hall–Kier alpha value is -1.99. The van der Waals surface area contributed by atoms with Crippen LogP contribution in [0, 0.1) is 5.82 Å². The lowest BCUT2D eigenvalue weighted by atomic mass is 10.1. The molecule has 1 aromatic heterocycles. The first-order valence-corrected chi connectivity index (χ1v) is 7.24. The van der Waals surface area contributed by atoms with E-state index in [1.165, 1.54) is 12.1 Å². The molecule has 3 rings (SSSR count). The van der Waals surface area contributed by atoms with E-state index in [1.807, 2.05) is 4.90 Å². The third-order valence-corrected chi connectivity index (χ3v) is 3.93. The van der Waals surface area contributed by atoms with Gasteiger partial charge in [0.1, 0.15) is 5.82 Å². The Bertz CT molecular complexity index is 706. The van der Waals surface area contributed by atoms with Crippen molar-refractivity contribution < 1.29 is 13.7 Å². The van der Waals surface area contributed by atoms with Gasteiger partial charge in [0.15, 0.2) is 0 Å². The molecule has 0 spiro atoms. The number of benzene rings is 1. The molecule has 1 fully saturated rings. The SMILES string of the molecule is NC(=O)c1noc(C2CCCN2Cc2cc(Cl)ccc2F)n1. The summed E-state index contributed by atoms with van der Waals surface area (Å²) in [7, 11) is 0. The third kappa shape index (κ3) is 2.95. The normalized spacial score (nSPS) is 18.7. The summed E-state index contributed by atoms with van der Waals surface area (Å²) in [6.07, 6.45) is 1.71. The smallest absolute Gasteiger partial charge is 0.290 e. The molecule has 1 aliphatic rings. The zero-order chi connectivity index (χ0) is 15.7. The molecule has 1 saturated heterocycles. The van der Waals surface area contributed by atoms with Gasteiger partial charge in [0.2, 0.25) is 5.89 Å². The average Bonchev–Trinajstić information content (AvgIpc) is 3.11. The summed E-state index contributed by atoms with van der Waals surface area (Å²) in [5.74, 6) is -0.858. The number of halogens is 2. The number of likely N-dealkylation sites (tertiary alicyclic amines) is 1. The number of aromatic nitrogens is 2. The first kappa shape index (κ1) is 14.9. The Morgan fingerprint density at radius 1 is 1.55 bits per heavy atom. The maximum atomic E-state index is 13.9. The molecule has 6 nitrogen and oxygen atoms in total. The molecule has 116 valence electrons. The Kier molecular flexibility index (Phi) is 4.08. The van der Waals surface area contributed by atoms with E-state index in [0.29, 0.717) is 23.0 Å². The Labute approximate surface area is 131 Å². The van der Waals surface area contributed by atoms with E-state index in [2.05, 4.69) is 10.1 Å². The van der Waals surface area contributed by atoms with Gasteiger partial charge in [-0.1, -0.05) is 16.8 Å². The molecule has 1 unspecified atom stereocenters. The van der Waals surface area contributed by atoms with Crippen molar-refractivity contribution in [3.05, 3.63) is 46.3 Å². The van der Waals surface area contributed by atoms with Crippen LogP contribution in [0.25, 0.3) is 0 Å². The second-order valence-electron chi connectivity index (χ2n) is 5.18. The highest BCUT2D eigenvalue weighted by Crippen LogP contribution is 2.32. The van der Waals surface area contributed by atoms with Gasteiger partial charge in [-0.25, -0.2) is 4.39 Å². The van der Waals surface area contributed by atoms with E-state index in [1.54, 1.807) is 6.07 Å². The highest BCUT2D eigenvalue weighted by Gasteiger charge is 2.31. The minimum absolute atomic E-state index is 0.143. The molecular weight excluding hydrogens is 311 g/mol. The fourth-order valence-corrected chi connectivity index (χ4v) is 2.84. The third-order valence-electron chi connectivity index (χ3n) is 3.69. The van der Waals surface area contributed by atoms with Crippen LogP contribution in [0.15, 0.2) is 22.7 Å². The molecule has 1 amide bonds. The Morgan fingerprint density at radius 2 is 2.36 bits per heavy atom. The van der Waals surface area contributed by atoms with Gasteiger partial charge in [-0.3, -0.25) is 9.69 Å². The summed E-state index contributed by atoms with van der Waals surface area (Å²) >= 11 is 5.92. The topological polar surface area (TPSA) is 85.2 Å². The van der Waals surface area contributed by atoms with Crippen molar-refractivity contribution in [1.82, 2.24) is 15.0 Å². The summed E-state index contributed by atoms with van der Waals surface area (Å²) in [5, 5.41) is 4.04. The number of hydrogen-bond donors (Lipinski definition) is 1. The van der Waals surface area contributed by atoms with Gasteiger partial charge in [-0.2, -0.15) is 4.98 Å². The molecule has 0 radical (unpaired) electrons. The molecule has 2 heterocycles. The number of carbonyl (C=O) groups excluding carboxylic acids is 1. The quantitative estimate of drug-likeness (QED) is 0.932. The number of primary amides is 1. The van der Waals surface area contributed by atoms with Crippen molar-refractivity contribution in [3.8, 4) is 0 Å². The number of amides is 1. The van der Waals surface area contributed by atoms with Crippen LogP contribution in [0.2, 0.25) is 5.02 Å². The van der Waals surface area contributed by atoms with Crippen LogP contribution < -0.4 is 5.73 Å². The molecule has 1 aliphatic heterocycles. The highest BCUT2D eigenvalue weighted by molar-refractivity contribution is 6.30. The predicted molar refractivity (Wildman–Crippen MR) is 76.6 cm³/mol. The number of hydrogen-bond acceptors (Lipinski definition) is 5. The molecule has 0 bridgehead atoms. The van der Waals surface area contributed by atoms with Gasteiger partial charge in [0, 0.05) is 17.1 Å². The van der Waals surface area contributed by atoms with Crippen molar-refractivity contribution in [3.63, 3.8) is 0 Å². The van der Waals surface area contributed by atoms with E-state index >= 15 is 0 Å². The fourth-order valence-electron chi connectivity index (χ4n) is 2.65. The van der Waals surface area contributed by atoms with E-state index in [-0.39, 0.29) is 17.7 Å². The zero-order valence-electron chi connectivity index (χ0n) is 11.6. The molecular formula is C14H14ClFN4O2. The van der Waals surface area contributed by atoms with Gasteiger partial charge in [0.25, 0.3) is 11.7 Å². The molecule has 2 aromatic rings. The van der Waals surface area contributed by atoms with Gasteiger partial charge in [-0.05, 0) is 37.6 Å². The molecule has 22 heavy (non-hydrogen) atoms. The molecule has 1 aromatic carbocycles. The largest absolute Gasteiger partial charge is 0.363 e. The lowest BCUT2D eigenvalue weighted by Gasteiger charge is -2.21. The van der Waals surface area contributed by atoms with Crippen LogP contribution in [-0.4, -0.2) is 27.5 Å². The van der Waals surface area contributed by atoms with Gasteiger partial charge in [0.05, 0.1) is 6.04 Å². The summed E-state index contributed by atoms with van der Waals surface area (Å²) in [5.41, 5.74) is 5.63. The van der Waals surface area contributed by atoms with Crippen molar-refractivity contribution >= 4 is 17.5 Å². The monoisotopic (exact) mass is 324 g/mol. The molecule has 0 aliphatic carbocycles. The second-order valence-corrected chi connectivity index (χ2v) is 5.62. The predicted octanol–water partition coefficient (Wildman–Crippen LogP) is 2.30. The summed E-state index contributed by atoms with van der Waals surface area (Å²) in [6.45, 7) is 1.15. The van der Waals surface area contributed by atoms with Crippen molar-refractivity contribution in [2.75, 3.05) is 6.54 Å². The van der Waals surface area contributed by atoms with Crippen molar-refractivity contribution in [2.24, 2.45) is 5.73 Å². The van der Waals surface area contributed by atoms with Crippen LogP contribution in [0.3, 0.4) is 0 Å². The van der Waals surface area contributed by atoms with Crippen LogP contribution in [0.5, 0.6) is 0 Å². The summed E-state index contributed by atoms with van der Waals surface area (Å²) < 4.78 is 19.0. The Balaban J connectivity index is 1.80. The molecule has 0 saturated carbocycles. The van der Waals surface area contributed by atoms with Crippen molar-refractivity contribution in [1.29, 1.82) is 0 Å². The van der Waals surface area contributed by atoms with E-state index in [9.17, 15) is 9.18 Å². The maximum Gasteiger partial charge on any atom is 0.290 e. The fraction of sp³-hybridized carbons (Fsp3) is 0.357. The van der Waals surface area contributed by atoms with Crippen molar-refractivity contribution in [2.45, 2.75) is 25.4 Å². The lowest BCUT2D eigenvalue weighted by Crippen LogP contribution is -2.23. The molecule has 2 N–H and O–H groups in total. The lowest BCUT2D eigenvalue weighted by molar-refractivity contribution is 0.0987. The Morgan fingerprint density at radius 3 is 3.09 bits per heavy atom. The van der Waals surface area contributed by atoms with Crippen LogP contribution in [0.4, 0.5) is 4.39 Å². The first-order chi connectivity index (χ1) is 10.5. The number of nitrogens with two attached hydrogens (primary N) is 1. The number of rotatable bonds is 4. The van der Waals surface area contributed by atoms with E-state index < -0.39 is 5.91 Å². The number of carbonyl (C=O) groups is 1. The first-order valence-electron chi connectivity index (χ1n) is 6.86. The molecule has 1 atom stereocenters. The van der Waals surface area contributed by atoms with Crippen LogP contribution in [0.1, 0.15) is 41.0 Å². The maximum absolute atomic E-state index is 13.9. The van der Waals surface area contributed by atoms with Gasteiger partial charge in [-0.15, -0.1) is 0 Å². The highest BCUT2D eigenvalue weighted by atomic mass is 35.5. The van der Waals surface area contributed by atoms with Crippen LogP contribution >= 0.6 is 11.6 Å². The second kappa shape index (κ2) is 6.02. The molecule has 8 heteroatoms. The van der Waals surface area contributed by atoms with E-state index in [4.69, 9.17) is 21.9 Å². The summed E-state index contributed by atoms with van der Waals surface area (Å²) in [4.78, 5) is 17.1. The minimum Gasteiger partial charge on any atom is -0.363 e. The van der Waals surface area contributed by atoms with Gasteiger partial charge < -0.3 is 10.3 Å². The van der Waals surface area contributed by atoms with E-state index in [0.717, 1.165) is 19.4 Å².